The van der Waals surface area contributed by atoms with Crippen molar-refractivity contribution in [3.05, 3.63) is 84.6 Å². The summed E-state index contributed by atoms with van der Waals surface area (Å²) >= 11 is 0. The van der Waals surface area contributed by atoms with Gasteiger partial charge in [0.25, 0.3) is 0 Å². The van der Waals surface area contributed by atoms with E-state index in [4.69, 9.17) is 15.2 Å². The molecular weight excluding hydrogens is 378 g/mol. The average molecular weight is 405 g/mol. The Morgan fingerprint density at radius 2 is 1.70 bits per heavy atom. The van der Waals surface area contributed by atoms with E-state index in [0.29, 0.717) is 23.9 Å². The van der Waals surface area contributed by atoms with Crippen LogP contribution in [0.2, 0.25) is 0 Å². The van der Waals surface area contributed by atoms with E-state index >= 15 is 0 Å². The summed E-state index contributed by atoms with van der Waals surface area (Å²) in [5.41, 5.74) is 6.32. The number of rotatable bonds is 9. The third-order valence-corrected chi connectivity index (χ3v) is 5.04. The molecule has 0 radical (unpaired) electrons. The number of hydrogen-bond acceptors (Lipinski definition) is 6. The molecule has 2 aromatic carbocycles. The Morgan fingerprint density at radius 3 is 2.37 bits per heavy atom. The molecule has 0 bridgehead atoms. The van der Waals surface area contributed by atoms with Gasteiger partial charge in [0, 0.05) is 17.7 Å². The second-order valence-electron chi connectivity index (χ2n) is 7.29. The third kappa shape index (κ3) is 5.36. The molecule has 1 aromatic heterocycles. The number of benzene rings is 2. The molecule has 0 aliphatic rings. The molecule has 0 amide bonds. The van der Waals surface area contributed by atoms with Crippen LogP contribution < -0.4 is 15.8 Å². The number of ether oxygens (including phenoxy) is 2. The Bertz CT molecular complexity index is 950. The van der Waals surface area contributed by atoms with E-state index in [1.54, 1.807) is 12.1 Å². The van der Waals surface area contributed by atoms with Crippen LogP contribution in [-0.2, 0) is 16.1 Å². The zero-order valence-electron chi connectivity index (χ0n) is 17.2. The molecular formula is C24H27N3O3. The summed E-state index contributed by atoms with van der Waals surface area (Å²) in [4.78, 5) is 17.4. The number of carbonyl (C=O) groups excluding carboxylic acids is 1. The minimum atomic E-state index is -0.978. The Labute approximate surface area is 177 Å². The van der Waals surface area contributed by atoms with E-state index in [9.17, 15) is 4.79 Å². The standard InChI is InChI=1S/C24H27N3O3/c1-18(16-25)24(2,27-19-10-5-3-6-11-19)23(28)29-17-20-12-9-15-22(26-20)30-21-13-7-4-8-14-21/h3-15,18,27H,16-17,25H2,1-2H3. The first-order valence-electron chi connectivity index (χ1n) is 9.90. The largest absolute Gasteiger partial charge is 0.457 e. The number of hydrogen-bond donors (Lipinski definition) is 2. The predicted octanol–water partition coefficient (Wildman–Crippen LogP) is 4.38. The molecule has 30 heavy (non-hydrogen) atoms. The van der Waals surface area contributed by atoms with Gasteiger partial charge in [-0.2, -0.15) is 0 Å². The molecule has 0 saturated heterocycles. The van der Waals surface area contributed by atoms with E-state index in [-0.39, 0.29) is 18.5 Å². The van der Waals surface area contributed by atoms with Gasteiger partial charge in [0.2, 0.25) is 5.88 Å². The average Bonchev–Trinajstić information content (AvgIpc) is 2.78. The number of pyridine rings is 1. The number of nitrogens with two attached hydrogens (primary N) is 1. The smallest absolute Gasteiger partial charge is 0.332 e. The van der Waals surface area contributed by atoms with Gasteiger partial charge < -0.3 is 20.5 Å². The number of aromatic nitrogens is 1. The van der Waals surface area contributed by atoms with Crippen LogP contribution in [0, 0.1) is 5.92 Å². The first-order chi connectivity index (χ1) is 14.5. The summed E-state index contributed by atoms with van der Waals surface area (Å²) in [5.74, 6) is 0.595. The van der Waals surface area contributed by atoms with Crippen LogP contribution in [0.5, 0.6) is 11.6 Å². The molecule has 0 aliphatic heterocycles. The van der Waals surface area contributed by atoms with E-state index in [1.165, 1.54) is 0 Å². The van der Waals surface area contributed by atoms with E-state index < -0.39 is 5.54 Å². The zero-order chi connectivity index (χ0) is 21.4. The second kappa shape index (κ2) is 9.89. The zero-order valence-corrected chi connectivity index (χ0v) is 17.2. The molecule has 156 valence electrons. The van der Waals surface area contributed by atoms with Crippen LogP contribution in [0.4, 0.5) is 5.69 Å². The Kier molecular flexibility index (Phi) is 7.03. The molecule has 3 N–H and O–H groups in total. The summed E-state index contributed by atoms with van der Waals surface area (Å²) in [5, 5.41) is 3.29. The third-order valence-electron chi connectivity index (χ3n) is 5.04. The van der Waals surface area contributed by atoms with Crippen LogP contribution in [0.15, 0.2) is 78.9 Å². The van der Waals surface area contributed by atoms with Crippen molar-refractivity contribution < 1.29 is 14.3 Å². The summed E-state index contributed by atoms with van der Waals surface area (Å²) in [7, 11) is 0. The molecule has 2 unspecified atom stereocenters. The van der Waals surface area contributed by atoms with Gasteiger partial charge in [-0.05, 0) is 43.8 Å². The fourth-order valence-electron chi connectivity index (χ4n) is 2.93. The van der Waals surface area contributed by atoms with Gasteiger partial charge in [0.15, 0.2) is 0 Å². The summed E-state index contributed by atoms with van der Waals surface area (Å²) in [6.07, 6.45) is 0. The van der Waals surface area contributed by atoms with Crippen molar-refractivity contribution in [2.75, 3.05) is 11.9 Å². The highest BCUT2D eigenvalue weighted by atomic mass is 16.5. The maximum atomic E-state index is 13.0. The van der Waals surface area contributed by atoms with Crippen LogP contribution in [-0.4, -0.2) is 23.0 Å². The maximum Gasteiger partial charge on any atom is 0.332 e. The van der Waals surface area contributed by atoms with Gasteiger partial charge in [0.1, 0.15) is 17.9 Å². The number of para-hydroxylation sites is 2. The van der Waals surface area contributed by atoms with Crippen molar-refractivity contribution in [2.24, 2.45) is 11.7 Å². The van der Waals surface area contributed by atoms with Gasteiger partial charge in [-0.15, -0.1) is 0 Å². The Morgan fingerprint density at radius 1 is 1.03 bits per heavy atom. The van der Waals surface area contributed by atoms with Crippen molar-refractivity contribution >= 4 is 11.7 Å². The van der Waals surface area contributed by atoms with E-state index in [2.05, 4.69) is 10.3 Å². The van der Waals surface area contributed by atoms with Gasteiger partial charge >= 0.3 is 5.97 Å². The van der Waals surface area contributed by atoms with Crippen molar-refractivity contribution in [1.29, 1.82) is 0 Å². The monoisotopic (exact) mass is 405 g/mol. The fourth-order valence-corrected chi connectivity index (χ4v) is 2.93. The van der Waals surface area contributed by atoms with E-state index in [0.717, 1.165) is 5.69 Å². The molecule has 6 heteroatoms. The lowest BCUT2D eigenvalue weighted by Gasteiger charge is -2.34. The lowest BCUT2D eigenvalue weighted by atomic mass is 9.86. The van der Waals surface area contributed by atoms with Crippen LogP contribution in [0.1, 0.15) is 19.5 Å². The summed E-state index contributed by atoms with van der Waals surface area (Å²) < 4.78 is 11.4. The van der Waals surface area contributed by atoms with Gasteiger partial charge in [-0.1, -0.05) is 49.4 Å². The van der Waals surface area contributed by atoms with Crippen molar-refractivity contribution in [2.45, 2.75) is 26.0 Å². The quantitative estimate of drug-likeness (QED) is 0.514. The molecule has 0 fully saturated rings. The van der Waals surface area contributed by atoms with Gasteiger partial charge in [-0.25, -0.2) is 9.78 Å². The lowest BCUT2D eigenvalue weighted by molar-refractivity contribution is -0.151. The second-order valence-corrected chi connectivity index (χ2v) is 7.29. The molecule has 6 nitrogen and oxygen atoms in total. The first kappa shape index (κ1) is 21.3. The highest BCUT2D eigenvalue weighted by molar-refractivity contribution is 5.84. The minimum absolute atomic E-state index is 0.0359. The maximum absolute atomic E-state index is 13.0. The van der Waals surface area contributed by atoms with Crippen LogP contribution in [0.25, 0.3) is 0 Å². The SMILES string of the molecule is CC(CN)C(C)(Nc1ccccc1)C(=O)OCc1cccc(Oc2ccccc2)n1. The normalized spacial score (nSPS) is 13.7. The van der Waals surface area contributed by atoms with Crippen molar-refractivity contribution in [1.82, 2.24) is 4.98 Å². The number of nitrogens with one attached hydrogen (secondary N) is 1. The Hall–Kier alpha value is -3.38. The number of carbonyl (C=O) groups is 1. The highest BCUT2D eigenvalue weighted by Gasteiger charge is 2.40. The number of nitrogens with zero attached hydrogens (tertiary/aromatic N) is 1. The predicted molar refractivity (Wildman–Crippen MR) is 117 cm³/mol. The molecule has 3 aromatic rings. The van der Waals surface area contributed by atoms with E-state index in [1.807, 2.05) is 80.6 Å². The molecule has 1 heterocycles. The van der Waals surface area contributed by atoms with Gasteiger partial charge in [0.05, 0.1) is 5.69 Å². The summed E-state index contributed by atoms with van der Waals surface area (Å²) in [6, 6.07) is 24.3. The molecule has 3 rings (SSSR count). The molecule has 0 spiro atoms. The number of esters is 1. The fraction of sp³-hybridized carbons (Fsp3) is 0.250. The lowest BCUT2D eigenvalue weighted by Crippen LogP contribution is -2.52. The van der Waals surface area contributed by atoms with Crippen LogP contribution >= 0.6 is 0 Å². The molecule has 0 aliphatic carbocycles. The molecule has 2 atom stereocenters. The van der Waals surface area contributed by atoms with Crippen molar-refractivity contribution in [3.8, 4) is 11.6 Å². The Balaban J connectivity index is 1.68. The topological polar surface area (TPSA) is 86.5 Å². The van der Waals surface area contributed by atoms with Gasteiger partial charge in [-0.3, -0.25) is 0 Å². The van der Waals surface area contributed by atoms with Crippen molar-refractivity contribution in [3.63, 3.8) is 0 Å². The molecule has 0 saturated carbocycles. The summed E-state index contributed by atoms with van der Waals surface area (Å²) in [6.45, 7) is 4.10. The number of anilines is 1. The highest BCUT2D eigenvalue weighted by Crippen LogP contribution is 2.25. The van der Waals surface area contributed by atoms with Crippen LogP contribution in [0.3, 0.4) is 0 Å². The first-order valence-corrected chi connectivity index (χ1v) is 9.90. The minimum Gasteiger partial charge on any atom is -0.457 e.